The molecule has 6 heteroatoms. The van der Waals surface area contributed by atoms with Gasteiger partial charge in [-0.1, -0.05) is 23.7 Å². The van der Waals surface area contributed by atoms with Gasteiger partial charge in [0.25, 0.3) is 0 Å². The van der Waals surface area contributed by atoms with Crippen molar-refractivity contribution in [2.75, 3.05) is 20.1 Å². The summed E-state index contributed by atoms with van der Waals surface area (Å²) in [5, 5.41) is 4.02. The summed E-state index contributed by atoms with van der Waals surface area (Å²) in [6.45, 7) is 8.08. The highest BCUT2D eigenvalue weighted by molar-refractivity contribution is 14.0. The fraction of sp³-hybridized carbons (Fsp3) is 0.611. The summed E-state index contributed by atoms with van der Waals surface area (Å²) in [6.07, 6.45) is 2.36. The van der Waals surface area contributed by atoms with E-state index in [4.69, 9.17) is 17.3 Å². The first kappa shape index (κ1) is 21.5. The maximum atomic E-state index is 6.18. The number of benzene rings is 1. The van der Waals surface area contributed by atoms with Gasteiger partial charge >= 0.3 is 0 Å². The largest absolute Gasteiger partial charge is 0.370 e. The van der Waals surface area contributed by atoms with Gasteiger partial charge in [0.15, 0.2) is 5.96 Å². The maximum Gasteiger partial charge on any atom is 0.188 e. The zero-order valence-electron chi connectivity index (χ0n) is 15.1. The first-order valence-corrected chi connectivity index (χ1v) is 8.68. The molecule has 1 aliphatic rings. The van der Waals surface area contributed by atoms with E-state index < -0.39 is 0 Å². The van der Waals surface area contributed by atoms with Crippen molar-refractivity contribution < 1.29 is 0 Å². The summed E-state index contributed by atoms with van der Waals surface area (Å²) in [4.78, 5) is 6.99. The zero-order chi connectivity index (χ0) is 17.0. The molecule has 4 nitrogen and oxygen atoms in total. The molecule has 24 heavy (non-hydrogen) atoms. The molecule has 0 amide bonds. The smallest absolute Gasteiger partial charge is 0.188 e. The van der Waals surface area contributed by atoms with Crippen LogP contribution in [0.3, 0.4) is 0 Å². The normalized spacial score (nSPS) is 22.8. The second-order valence-corrected chi connectivity index (χ2v) is 7.92. The van der Waals surface area contributed by atoms with E-state index >= 15 is 0 Å². The van der Waals surface area contributed by atoms with E-state index in [0.717, 1.165) is 24.5 Å². The molecule has 1 fully saturated rings. The first-order valence-electron chi connectivity index (χ1n) is 8.30. The number of aliphatic imine (C=N–C) groups is 1. The van der Waals surface area contributed by atoms with Gasteiger partial charge in [-0.2, -0.15) is 0 Å². The van der Waals surface area contributed by atoms with Crippen LogP contribution in [0.15, 0.2) is 29.3 Å². The Morgan fingerprint density at radius 1 is 1.42 bits per heavy atom. The molecular formula is C18H30ClIN4. The van der Waals surface area contributed by atoms with Crippen molar-refractivity contribution in [3.05, 3.63) is 34.9 Å². The minimum absolute atomic E-state index is 0. The standard InChI is InChI=1S/C18H29ClN4.HI/c1-18(2,3)22-17(20)21-12-14-8-6-10-23(4)16(14)13-7-5-9-15(19)11-13;/h5,7,9,11,14,16H,6,8,10,12H2,1-4H3,(H3,20,21,22);1H. The van der Waals surface area contributed by atoms with Crippen LogP contribution in [-0.2, 0) is 0 Å². The molecule has 1 aromatic carbocycles. The number of rotatable bonds is 3. The second kappa shape index (κ2) is 9.25. The quantitative estimate of drug-likeness (QED) is 0.403. The Labute approximate surface area is 168 Å². The van der Waals surface area contributed by atoms with Gasteiger partial charge < -0.3 is 11.1 Å². The van der Waals surface area contributed by atoms with Gasteiger partial charge in [-0.05, 0) is 70.8 Å². The molecule has 1 saturated heterocycles. The lowest BCUT2D eigenvalue weighted by Gasteiger charge is -2.39. The summed E-state index contributed by atoms with van der Waals surface area (Å²) in [7, 11) is 2.18. The fourth-order valence-corrected chi connectivity index (χ4v) is 3.51. The monoisotopic (exact) mass is 464 g/mol. The molecule has 0 bridgehead atoms. The fourth-order valence-electron chi connectivity index (χ4n) is 3.31. The number of nitrogens with one attached hydrogen (secondary N) is 1. The summed E-state index contributed by atoms with van der Waals surface area (Å²) >= 11 is 6.18. The number of piperidine rings is 1. The van der Waals surface area contributed by atoms with Crippen LogP contribution in [0.5, 0.6) is 0 Å². The number of guanidine groups is 1. The molecule has 3 N–H and O–H groups in total. The van der Waals surface area contributed by atoms with Crippen LogP contribution in [-0.4, -0.2) is 36.5 Å². The van der Waals surface area contributed by atoms with E-state index in [0.29, 0.717) is 17.9 Å². The number of hydrogen-bond donors (Lipinski definition) is 2. The molecule has 0 saturated carbocycles. The van der Waals surface area contributed by atoms with E-state index in [9.17, 15) is 0 Å². The van der Waals surface area contributed by atoms with Crippen LogP contribution in [0.1, 0.15) is 45.2 Å². The van der Waals surface area contributed by atoms with Gasteiger partial charge in [0, 0.05) is 23.1 Å². The van der Waals surface area contributed by atoms with Crippen LogP contribution >= 0.6 is 35.6 Å². The number of halogens is 2. The van der Waals surface area contributed by atoms with Gasteiger partial charge in [-0.25, -0.2) is 0 Å². The van der Waals surface area contributed by atoms with E-state index in [1.807, 2.05) is 12.1 Å². The topological polar surface area (TPSA) is 53.6 Å². The molecule has 1 heterocycles. The minimum atomic E-state index is -0.0662. The zero-order valence-corrected chi connectivity index (χ0v) is 18.1. The lowest BCUT2D eigenvalue weighted by atomic mass is 9.85. The van der Waals surface area contributed by atoms with Gasteiger partial charge in [0.2, 0.25) is 0 Å². The van der Waals surface area contributed by atoms with E-state index in [2.05, 4.69) is 55.2 Å². The number of nitrogens with two attached hydrogens (primary N) is 1. The third kappa shape index (κ3) is 6.41. The summed E-state index contributed by atoms with van der Waals surface area (Å²) < 4.78 is 0. The third-order valence-corrected chi connectivity index (χ3v) is 4.43. The van der Waals surface area contributed by atoms with E-state index in [-0.39, 0.29) is 29.5 Å². The van der Waals surface area contributed by atoms with Gasteiger partial charge in [-0.15, -0.1) is 24.0 Å². The molecular weight excluding hydrogens is 435 g/mol. The van der Waals surface area contributed by atoms with Crippen LogP contribution in [0.2, 0.25) is 5.02 Å². The Morgan fingerprint density at radius 3 is 2.75 bits per heavy atom. The predicted molar refractivity (Wildman–Crippen MR) is 114 cm³/mol. The molecule has 2 atom stereocenters. The Balaban J connectivity index is 0.00000288. The van der Waals surface area contributed by atoms with Crippen LogP contribution in [0, 0.1) is 5.92 Å². The van der Waals surface area contributed by atoms with Crippen molar-refractivity contribution in [3.63, 3.8) is 0 Å². The lowest BCUT2D eigenvalue weighted by Crippen LogP contribution is -2.45. The predicted octanol–water partition coefficient (Wildman–Crippen LogP) is 4.04. The van der Waals surface area contributed by atoms with Crippen molar-refractivity contribution in [3.8, 4) is 0 Å². The second-order valence-electron chi connectivity index (χ2n) is 7.48. The third-order valence-electron chi connectivity index (χ3n) is 4.20. The van der Waals surface area contributed by atoms with Crippen LogP contribution < -0.4 is 11.1 Å². The molecule has 1 aliphatic heterocycles. The van der Waals surface area contributed by atoms with Gasteiger partial charge in [0.1, 0.15) is 0 Å². The summed E-state index contributed by atoms with van der Waals surface area (Å²) in [5.74, 6) is 0.975. The van der Waals surface area contributed by atoms with Crippen molar-refractivity contribution >= 4 is 41.5 Å². The Kier molecular flexibility index (Phi) is 8.29. The molecule has 0 aromatic heterocycles. The Morgan fingerprint density at radius 2 is 2.12 bits per heavy atom. The summed E-state index contributed by atoms with van der Waals surface area (Å²) in [5.41, 5.74) is 7.22. The molecule has 0 radical (unpaired) electrons. The van der Waals surface area contributed by atoms with Gasteiger partial charge in [0.05, 0.1) is 0 Å². The van der Waals surface area contributed by atoms with Crippen LogP contribution in [0.25, 0.3) is 0 Å². The summed E-state index contributed by atoms with van der Waals surface area (Å²) in [6, 6.07) is 8.52. The highest BCUT2D eigenvalue weighted by atomic mass is 127. The van der Waals surface area contributed by atoms with E-state index in [1.165, 1.54) is 12.0 Å². The highest BCUT2D eigenvalue weighted by Gasteiger charge is 2.30. The van der Waals surface area contributed by atoms with E-state index in [1.54, 1.807) is 0 Å². The number of hydrogen-bond acceptors (Lipinski definition) is 2. The highest BCUT2D eigenvalue weighted by Crippen LogP contribution is 2.36. The van der Waals surface area contributed by atoms with Crippen molar-refractivity contribution in [2.45, 2.75) is 45.2 Å². The van der Waals surface area contributed by atoms with Crippen molar-refractivity contribution in [2.24, 2.45) is 16.6 Å². The molecule has 2 unspecified atom stereocenters. The first-order chi connectivity index (χ1) is 10.8. The number of nitrogens with zero attached hydrogens (tertiary/aromatic N) is 2. The molecule has 0 aliphatic carbocycles. The molecule has 1 aromatic rings. The SMILES string of the molecule is CN1CCCC(CN=C(N)NC(C)(C)C)C1c1cccc(Cl)c1.I. The average molecular weight is 465 g/mol. The average Bonchev–Trinajstić information content (AvgIpc) is 2.43. The van der Waals surface area contributed by atoms with Crippen LogP contribution in [0.4, 0.5) is 0 Å². The minimum Gasteiger partial charge on any atom is -0.370 e. The van der Waals surface area contributed by atoms with Crippen molar-refractivity contribution in [1.29, 1.82) is 0 Å². The van der Waals surface area contributed by atoms with Gasteiger partial charge in [-0.3, -0.25) is 9.89 Å². The van der Waals surface area contributed by atoms with Crippen molar-refractivity contribution in [1.82, 2.24) is 10.2 Å². The number of likely N-dealkylation sites (tertiary alicyclic amines) is 1. The Hall–Kier alpha value is -0.530. The lowest BCUT2D eigenvalue weighted by molar-refractivity contribution is 0.125. The molecule has 136 valence electrons. The molecule has 0 spiro atoms. The Bertz CT molecular complexity index is 556. The maximum absolute atomic E-state index is 6.18. The molecule has 2 rings (SSSR count).